The molecule has 0 spiro atoms. The van der Waals surface area contributed by atoms with E-state index in [1.54, 1.807) is 0 Å². The van der Waals surface area contributed by atoms with Crippen LogP contribution >= 0.6 is 0 Å². The fraction of sp³-hybridized carbons (Fsp3) is 0.467. The van der Waals surface area contributed by atoms with E-state index in [1.165, 1.54) is 0 Å². The molecule has 0 aromatic heterocycles. The van der Waals surface area contributed by atoms with Gasteiger partial charge >= 0.3 is 0 Å². The molecule has 1 aromatic rings. The third-order valence-electron chi connectivity index (χ3n) is 3.74. The van der Waals surface area contributed by atoms with E-state index in [-0.39, 0.29) is 17.7 Å². The molecule has 1 aliphatic carbocycles. The third kappa shape index (κ3) is 4.35. The van der Waals surface area contributed by atoms with Gasteiger partial charge in [-0.1, -0.05) is 18.2 Å². The maximum Gasteiger partial charge on any atom is 0.238 e. The van der Waals surface area contributed by atoms with E-state index in [1.807, 2.05) is 30.3 Å². The second-order valence-electron chi connectivity index (χ2n) is 5.25. The van der Waals surface area contributed by atoms with Gasteiger partial charge in [0.1, 0.15) is 0 Å². The molecule has 1 saturated carbocycles. The number of rotatable bonds is 5. The van der Waals surface area contributed by atoms with Crippen LogP contribution in [-0.4, -0.2) is 24.4 Å². The molecule has 20 heavy (non-hydrogen) atoms. The molecule has 0 saturated heterocycles. The number of nitrogens with one attached hydrogen (secondary N) is 2. The van der Waals surface area contributed by atoms with Crippen LogP contribution in [0.25, 0.3) is 0 Å². The number of hydrogen-bond acceptors (Lipinski definition) is 3. The molecule has 2 rings (SSSR count). The van der Waals surface area contributed by atoms with E-state index in [0.717, 1.165) is 31.4 Å². The van der Waals surface area contributed by atoms with Gasteiger partial charge < -0.3 is 16.4 Å². The molecule has 0 aliphatic heterocycles. The van der Waals surface area contributed by atoms with Gasteiger partial charge in [0, 0.05) is 17.6 Å². The Morgan fingerprint density at radius 3 is 2.35 bits per heavy atom. The zero-order valence-corrected chi connectivity index (χ0v) is 11.5. The Hall–Kier alpha value is -1.88. The lowest BCUT2D eigenvalue weighted by Gasteiger charge is -2.27. The smallest absolute Gasteiger partial charge is 0.238 e. The molecule has 5 heteroatoms. The highest BCUT2D eigenvalue weighted by Crippen LogP contribution is 2.23. The van der Waals surface area contributed by atoms with Crippen LogP contribution in [0.1, 0.15) is 25.7 Å². The van der Waals surface area contributed by atoms with Crippen molar-refractivity contribution in [3.63, 3.8) is 0 Å². The summed E-state index contributed by atoms with van der Waals surface area (Å²) in [5.41, 5.74) is 6.10. The summed E-state index contributed by atoms with van der Waals surface area (Å²) in [6.45, 7) is 0.292. The maximum absolute atomic E-state index is 11.8. The number of nitrogens with two attached hydrogens (primary N) is 1. The van der Waals surface area contributed by atoms with E-state index >= 15 is 0 Å². The zero-order valence-electron chi connectivity index (χ0n) is 11.5. The Kier molecular flexibility index (Phi) is 5.12. The molecule has 2 amide bonds. The van der Waals surface area contributed by atoms with Gasteiger partial charge in [0.2, 0.25) is 11.8 Å². The first kappa shape index (κ1) is 14.5. The number of amides is 2. The molecular formula is C15H21N3O2. The molecular weight excluding hydrogens is 254 g/mol. The first-order valence-electron chi connectivity index (χ1n) is 7.03. The Balaban J connectivity index is 1.68. The van der Waals surface area contributed by atoms with Crippen molar-refractivity contribution >= 4 is 17.5 Å². The van der Waals surface area contributed by atoms with E-state index in [4.69, 9.17) is 5.73 Å². The number of anilines is 1. The highest BCUT2D eigenvalue weighted by Gasteiger charge is 2.24. The van der Waals surface area contributed by atoms with Gasteiger partial charge in [-0.3, -0.25) is 9.59 Å². The second kappa shape index (κ2) is 7.05. The molecule has 0 atom stereocenters. The first-order valence-corrected chi connectivity index (χ1v) is 7.03. The van der Waals surface area contributed by atoms with Crippen LogP contribution in [-0.2, 0) is 9.59 Å². The average Bonchev–Trinajstić information content (AvgIpc) is 2.46. The molecule has 0 heterocycles. The number of hydrogen-bond donors (Lipinski definition) is 3. The second-order valence-corrected chi connectivity index (χ2v) is 5.25. The standard InChI is InChI=1S/C15H21N3O2/c16-15(20)11-6-8-12(9-7-11)17-10-14(19)18-13-4-2-1-3-5-13/h1-5,11-12,17H,6-10H2,(H2,16,20)(H,18,19). The number of primary amides is 1. The van der Waals surface area contributed by atoms with Crippen LogP contribution in [0.4, 0.5) is 5.69 Å². The van der Waals surface area contributed by atoms with Crippen LogP contribution in [0.5, 0.6) is 0 Å². The summed E-state index contributed by atoms with van der Waals surface area (Å²) in [6, 6.07) is 9.69. The topological polar surface area (TPSA) is 84.2 Å². The highest BCUT2D eigenvalue weighted by molar-refractivity contribution is 5.92. The predicted molar refractivity (Wildman–Crippen MR) is 78.0 cm³/mol. The fourth-order valence-electron chi connectivity index (χ4n) is 2.55. The van der Waals surface area contributed by atoms with E-state index in [9.17, 15) is 9.59 Å². The lowest BCUT2D eigenvalue weighted by Crippen LogP contribution is -2.40. The Labute approximate surface area is 118 Å². The van der Waals surface area contributed by atoms with Crippen molar-refractivity contribution in [2.24, 2.45) is 11.7 Å². The van der Waals surface area contributed by atoms with Crippen LogP contribution in [0.3, 0.4) is 0 Å². The van der Waals surface area contributed by atoms with E-state index < -0.39 is 0 Å². The predicted octanol–water partition coefficient (Wildman–Crippen LogP) is 1.26. The highest BCUT2D eigenvalue weighted by atomic mass is 16.2. The average molecular weight is 275 g/mol. The molecule has 1 aromatic carbocycles. The van der Waals surface area contributed by atoms with Gasteiger partial charge in [-0.2, -0.15) is 0 Å². The van der Waals surface area contributed by atoms with Crippen LogP contribution < -0.4 is 16.4 Å². The Morgan fingerprint density at radius 1 is 1.10 bits per heavy atom. The molecule has 1 aliphatic rings. The van der Waals surface area contributed by atoms with Crippen LogP contribution in [0, 0.1) is 5.92 Å². The summed E-state index contributed by atoms with van der Waals surface area (Å²) in [5.74, 6) is -0.246. The van der Waals surface area contributed by atoms with Crippen molar-refractivity contribution in [1.82, 2.24) is 5.32 Å². The quantitative estimate of drug-likeness (QED) is 0.756. The molecule has 108 valence electrons. The number of para-hydroxylation sites is 1. The minimum Gasteiger partial charge on any atom is -0.369 e. The van der Waals surface area contributed by atoms with Crippen molar-refractivity contribution in [2.75, 3.05) is 11.9 Å². The maximum atomic E-state index is 11.8. The Bertz CT molecular complexity index is 453. The summed E-state index contributed by atoms with van der Waals surface area (Å²) in [6.07, 6.45) is 3.42. The van der Waals surface area contributed by atoms with Crippen molar-refractivity contribution in [1.29, 1.82) is 0 Å². The van der Waals surface area contributed by atoms with Crippen molar-refractivity contribution < 1.29 is 9.59 Å². The summed E-state index contributed by atoms with van der Waals surface area (Å²) in [7, 11) is 0. The van der Waals surface area contributed by atoms with Gasteiger partial charge in [-0.05, 0) is 37.8 Å². The van der Waals surface area contributed by atoms with Gasteiger partial charge in [0.25, 0.3) is 0 Å². The summed E-state index contributed by atoms with van der Waals surface area (Å²) in [4.78, 5) is 22.8. The van der Waals surface area contributed by atoms with Gasteiger partial charge in [0.15, 0.2) is 0 Å². The van der Waals surface area contributed by atoms with Crippen molar-refractivity contribution in [3.05, 3.63) is 30.3 Å². The van der Waals surface area contributed by atoms with E-state index in [0.29, 0.717) is 12.6 Å². The zero-order chi connectivity index (χ0) is 14.4. The van der Waals surface area contributed by atoms with Gasteiger partial charge in [-0.25, -0.2) is 0 Å². The first-order chi connectivity index (χ1) is 9.65. The summed E-state index contributed by atoms with van der Waals surface area (Å²) >= 11 is 0. The fourth-order valence-corrected chi connectivity index (χ4v) is 2.55. The van der Waals surface area contributed by atoms with E-state index in [2.05, 4.69) is 10.6 Å². The largest absolute Gasteiger partial charge is 0.369 e. The van der Waals surface area contributed by atoms with Crippen molar-refractivity contribution in [3.8, 4) is 0 Å². The van der Waals surface area contributed by atoms with Crippen LogP contribution in [0.2, 0.25) is 0 Å². The molecule has 0 unspecified atom stereocenters. The van der Waals surface area contributed by atoms with Gasteiger partial charge in [-0.15, -0.1) is 0 Å². The molecule has 5 nitrogen and oxygen atoms in total. The normalized spacial score (nSPS) is 22.2. The lowest BCUT2D eigenvalue weighted by atomic mass is 9.85. The van der Waals surface area contributed by atoms with Crippen molar-refractivity contribution in [2.45, 2.75) is 31.7 Å². The monoisotopic (exact) mass is 275 g/mol. The van der Waals surface area contributed by atoms with Gasteiger partial charge in [0.05, 0.1) is 6.54 Å². The number of carbonyl (C=O) groups is 2. The summed E-state index contributed by atoms with van der Waals surface area (Å²) in [5, 5.41) is 6.07. The summed E-state index contributed by atoms with van der Waals surface area (Å²) < 4.78 is 0. The van der Waals surface area contributed by atoms with Crippen LogP contribution in [0.15, 0.2) is 30.3 Å². The molecule has 0 bridgehead atoms. The minimum atomic E-state index is -0.203. The number of benzene rings is 1. The Morgan fingerprint density at radius 2 is 1.75 bits per heavy atom. The SMILES string of the molecule is NC(=O)C1CCC(NCC(=O)Nc2ccccc2)CC1. The molecule has 4 N–H and O–H groups in total. The third-order valence-corrected chi connectivity index (χ3v) is 3.74. The lowest BCUT2D eigenvalue weighted by molar-refractivity contribution is -0.123. The minimum absolute atomic E-state index is 0.00574. The molecule has 1 fully saturated rings. The number of carbonyl (C=O) groups excluding carboxylic acids is 2. The molecule has 0 radical (unpaired) electrons.